The van der Waals surface area contributed by atoms with Crippen LogP contribution in [0, 0.1) is 5.92 Å². The van der Waals surface area contributed by atoms with Crippen LogP contribution < -0.4 is 0 Å². The van der Waals surface area contributed by atoms with E-state index in [0.29, 0.717) is 25.1 Å². The van der Waals surface area contributed by atoms with Gasteiger partial charge in [-0.15, -0.1) is 0 Å². The molecule has 1 aromatic rings. The first kappa shape index (κ1) is 14.6. The van der Waals surface area contributed by atoms with Crippen molar-refractivity contribution in [3.8, 4) is 0 Å². The van der Waals surface area contributed by atoms with Crippen LogP contribution in [0.25, 0.3) is 0 Å². The molecular weight excluding hydrogens is 256 g/mol. The Morgan fingerprint density at radius 2 is 2.25 bits per heavy atom. The van der Waals surface area contributed by atoms with Gasteiger partial charge in [0.1, 0.15) is 0 Å². The maximum absolute atomic E-state index is 12.1. The van der Waals surface area contributed by atoms with Gasteiger partial charge >= 0.3 is 0 Å². The summed E-state index contributed by atoms with van der Waals surface area (Å²) in [5.74, 6) is 0.301. The molecule has 0 saturated carbocycles. The summed E-state index contributed by atoms with van der Waals surface area (Å²) >= 11 is 0. The van der Waals surface area contributed by atoms with Gasteiger partial charge in [-0.05, 0) is 20.8 Å². The zero-order chi connectivity index (χ0) is 14.9. The number of aromatic nitrogens is 2. The van der Waals surface area contributed by atoms with Gasteiger partial charge in [0.2, 0.25) is 5.91 Å². The van der Waals surface area contributed by atoms with Crippen LogP contribution in [0.2, 0.25) is 0 Å². The summed E-state index contributed by atoms with van der Waals surface area (Å²) in [6, 6.07) is 0. The van der Waals surface area contributed by atoms with Gasteiger partial charge in [-0.2, -0.15) is 5.10 Å². The van der Waals surface area contributed by atoms with E-state index in [2.05, 4.69) is 10.2 Å². The van der Waals surface area contributed by atoms with Crippen molar-refractivity contribution >= 4 is 11.8 Å². The molecule has 1 aromatic heterocycles. The summed E-state index contributed by atoms with van der Waals surface area (Å²) < 4.78 is 0. The number of amides is 2. The van der Waals surface area contributed by atoms with Crippen LogP contribution in [-0.2, 0) is 4.79 Å². The van der Waals surface area contributed by atoms with Crippen LogP contribution in [0.3, 0.4) is 0 Å². The zero-order valence-corrected chi connectivity index (χ0v) is 12.5. The van der Waals surface area contributed by atoms with Gasteiger partial charge in [0.05, 0.1) is 11.8 Å². The number of hydrogen-bond acceptors (Lipinski definition) is 3. The molecule has 110 valence electrons. The largest absolute Gasteiger partial charge is 0.341 e. The first-order chi connectivity index (χ1) is 9.29. The van der Waals surface area contributed by atoms with E-state index in [1.54, 1.807) is 18.1 Å². The number of nitrogens with zero attached hydrogens (tertiary/aromatic N) is 3. The Hall–Kier alpha value is -1.85. The summed E-state index contributed by atoms with van der Waals surface area (Å²) in [6.45, 7) is 7.41. The van der Waals surface area contributed by atoms with Gasteiger partial charge in [-0.3, -0.25) is 14.7 Å². The Morgan fingerprint density at radius 3 is 2.75 bits per heavy atom. The summed E-state index contributed by atoms with van der Waals surface area (Å²) in [5, 5.41) is 6.41. The SMILES string of the molecule is CN(CC1CC(=O)N(C(C)(C)C)C1)C(=O)c1cn[nH]c1. The molecule has 0 radical (unpaired) electrons. The molecule has 1 aliphatic rings. The molecule has 0 bridgehead atoms. The predicted molar refractivity (Wildman–Crippen MR) is 75.1 cm³/mol. The summed E-state index contributed by atoms with van der Waals surface area (Å²) in [5.41, 5.74) is 0.392. The van der Waals surface area contributed by atoms with Crippen molar-refractivity contribution in [2.45, 2.75) is 32.7 Å². The van der Waals surface area contributed by atoms with Crippen molar-refractivity contribution in [3.05, 3.63) is 18.0 Å². The number of hydrogen-bond donors (Lipinski definition) is 1. The Balaban J connectivity index is 1.95. The highest BCUT2D eigenvalue weighted by molar-refractivity contribution is 5.93. The van der Waals surface area contributed by atoms with E-state index in [1.165, 1.54) is 6.20 Å². The van der Waals surface area contributed by atoms with Gasteiger partial charge in [-0.25, -0.2) is 0 Å². The fourth-order valence-electron chi connectivity index (χ4n) is 2.61. The Labute approximate surface area is 119 Å². The molecule has 6 nitrogen and oxygen atoms in total. The van der Waals surface area contributed by atoms with Crippen molar-refractivity contribution in [3.63, 3.8) is 0 Å². The normalized spacial score (nSPS) is 19.5. The molecule has 0 spiro atoms. The average Bonchev–Trinajstić information content (AvgIpc) is 2.96. The lowest BCUT2D eigenvalue weighted by atomic mass is 10.1. The third-order valence-corrected chi connectivity index (χ3v) is 3.64. The minimum Gasteiger partial charge on any atom is -0.341 e. The van der Waals surface area contributed by atoms with E-state index in [0.717, 1.165) is 0 Å². The second-order valence-electron chi connectivity index (χ2n) is 6.42. The molecule has 1 unspecified atom stereocenters. The number of carbonyl (C=O) groups excluding carboxylic acids is 2. The number of nitrogens with one attached hydrogen (secondary N) is 1. The molecule has 1 saturated heterocycles. The second-order valence-corrected chi connectivity index (χ2v) is 6.42. The predicted octanol–water partition coefficient (Wildman–Crippen LogP) is 1.13. The molecule has 6 heteroatoms. The molecule has 2 rings (SSSR count). The lowest BCUT2D eigenvalue weighted by Gasteiger charge is -2.32. The lowest BCUT2D eigenvalue weighted by Crippen LogP contribution is -2.43. The number of H-pyrrole nitrogens is 1. The maximum atomic E-state index is 12.1. The van der Waals surface area contributed by atoms with E-state index in [-0.39, 0.29) is 23.3 Å². The van der Waals surface area contributed by atoms with Gasteiger partial charge in [0.25, 0.3) is 5.91 Å². The van der Waals surface area contributed by atoms with E-state index >= 15 is 0 Å². The number of aromatic amines is 1. The molecular formula is C14H22N4O2. The molecule has 0 aliphatic carbocycles. The molecule has 20 heavy (non-hydrogen) atoms. The van der Waals surface area contributed by atoms with Crippen molar-refractivity contribution < 1.29 is 9.59 Å². The molecule has 2 heterocycles. The summed E-state index contributed by atoms with van der Waals surface area (Å²) in [7, 11) is 1.76. The Morgan fingerprint density at radius 1 is 1.55 bits per heavy atom. The second kappa shape index (κ2) is 5.26. The van der Waals surface area contributed by atoms with Crippen LogP contribution >= 0.6 is 0 Å². The average molecular weight is 278 g/mol. The fraction of sp³-hybridized carbons (Fsp3) is 0.643. The third-order valence-electron chi connectivity index (χ3n) is 3.64. The fourth-order valence-corrected chi connectivity index (χ4v) is 2.61. The standard InChI is InChI=1S/C14H22N4O2/c1-14(2,3)18-9-10(5-12(18)19)8-17(4)13(20)11-6-15-16-7-11/h6-7,10H,5,8-9H2,1-4H3,(H,15,16). The van der Waals surface area contributed by atoms with Crippen LogP contribution in [0.5, 0.6) is 0 Å². The van der Waals surface area contributed by atoms with E-state index in [9.17, 15) is 9.59 Å². The molecule has 0 aromatic carbocycles. The molecule has 1 aliphatic heterocycles. The monoisotopic (exact) mass is 278 g/mol. The maximum Gasteiger partial charge on any atom is 0.256 e. The van der Waals surface area contributed by atoms with Gasteiger partial charge in [-0.1, -0.05) is 0 Å². The quantitative estimate of drug-likeness (QED) is 0.901. The molecule has 1 atom stereocenters. The zero-order valence-electron chi connectivity index (χ0n) is 12.5. The number of rotatable bonds is 3. The summed E-state index contributed by atoms with van der Waals surface area (Å²) in [6.07, 6.45) is 3.61. The van der Waals surface area contributed by atoms with E-state index < -0.39 is 0 Å². The Bertz CT molecular complexity index is 490. The highest BCUT2D eigenvalue weighted by atomic mass is 16.2. The van der Waals surface area contributed by atoms with Gasteiger partial charge < -0.3 is 9.80 Å². The number of likely N-dealkylation sites (tertiary alicyclic amines) is 1. The van der Waals surface area contributed by atoms with Crippen molar-refractivity contribution in [2.24, 2.45) is 5.92 Å². The topological polar surface area (TPSA) is 69.3 Å². The lowest BCUT2D eigenvalue weighted by molar-refractivity contribution is -0.131. The van der Waals surface area contributed by atoms with Crippen LogP contribution in [0.1, 0.15) is 37.6 Å². The van der Waals surface area contributed by atoms with Crippen LogP contribution in [0.15, 0.2) is 12.4 Å². The molecule has 1 N–H and O–H groups in total. The van der Waals surface area contributed by atoms with Crippen molar-refractivity contribution in [2.75, 3.05) is 20.1 Å². The minimum atomic E-state index is -0.154. The van der Waals surface area contributed by atoms with E-state index in [1.807, 2.05) is 25.7 Å². The Kier molecular flexibility index (Phi) is 3.83. The van der Waals surface area contributed by atoms with Gasteiger partial charge in [0.15, 0.2) is 0 Å². The van der Waals surface area contributed by atoms with Crippen molar-refractivity contribution in [1.82, 2.24) is 20.0 Å². The third kappa shape index (κ3) is 3.00. The first-order valence-corrected chi connectivity index (χ1v) is 6.83. The first-order valence-electron chi connectivity index (χ1n) is 6.83. The summed E-state index contributed by atoms with van der Waals surface area (Å²) in [4.78, 5) is 27.7. The van der Waals surface area contributed by atoms with Crippen LogP contribution in [-0.4, -0.2) is 57.5 Å². The smallest absolute Gasteiger partial charge is 0.256 e. The molecule has 1 fully saturated rings. The highest BCUT2D eigenvalue weighted by Gasteiger charge is 2.36. The van der Waals surface area contributed by atoms with Crippen LogP contribution in [0.4, 0.5) is 0 Å². The highest BCUT2D eigenvalue weighted by Crippen LogP contribution is 2.26. The molecule has 2 amide bonds. The van der Waals surface area contributed by atoms with Gasteiger partial charge in [0, 0.05) is 44.2 Å². The van der Waals surface area contributed by atoms with Crippen molar-refractivity contribution in [1.29, 1.82) is 0 Å². The number of carbonyl (C=O) groups is 2. The minimum absolute atomic E-state index is 0.0691. The van der Waals surface area contributed by atoms with E-state index in [4.69, 9.17) is 0 Å².